The van der Waals surface area contributed by atoms with Gasteiger partial charge in [-0.05, 0) is 36.2 Å². The van der Waals surface area contributed by atoms with E-state index in [0.717, 1.165) is 16.8 Å². The number of aryl methyl sites for hydroxylation is 1. The summed E-state index contributed by atoms with van der Waals surface area (Å²) < 4.78 is 0. The van der Waals surface area contributed by atoms with E-state index in [9.17, 15) is 4.79 Å². The Kier molecular flexibility index (Phi) is 5.26. The van der Waals surface area contributed by atoms with Gasteiger partial charge in [-0.15, -0.1) is 0 Å². The van der Waals surface area contributed by atoms with Crippen LogP contribution in [0.15, 0.2) is 60.9 Å². The molecule has 0 bridgehead atoms. The van der Waals surface area contributed by atoms with Crippen LogP contribution in [-0.4, -0.2) is 15.9 Å². The highest BCUT2D eigenvalue weighted by Crippen LogP contribution is 2.22. The van der Waals surface area contributed by atoms with Crippen LogP contribution < -0.4 is 10.6 Å². The predicted octanol–water partition coefficient (Wildman–Crippen LogP) is 4.11. The van der Waals surface area contributed by atoms with Crippen LogP contribution in [0.25, 0.3) is 0 Å². The summed E-state index contributed by atoms with van der Waals surface area (Å²) in [6, 6.07) is 15.2. The first kappa shape index (κ1) is 16.9. The van der Waals surface area contributed by atoms with Crippen LogP contribution in [0.4, 0.5) is 11.5 Å². The molecule has 0 aliphatic heterocycles. The van der Waals surface area contributed by atoms with Crippen molar-refractivity contribution in [2.75, 3.05) is 5.32 Å². The van der Waals surface area contributed by atoms with Crippen molar-refractivity contribution in [2.45, 2.75) is 13.5 Å². The number of rotatable bonds is 5. The number of carbonyl (C=O) groups excluding carboxylic acids is 1. The van der Waals surface area contributed by atoms with Crippen molar-refractivity contribution in [3.63, 3.8) is 0 Å². The number of hydrogen-bond acceptors (Lipinski definition) is 4. The average molecular weight is 353 g/mol. The van der Waals surface area contributed by atoms with Crippen LogP contribution in [0.3, 0.4) is 0 Å². The molecule has 0 radical (unpaired) electrons. The standard InChI is InChI=1S/C19H17ClN4O/c1-13-9-15(20)7-8-16(13)24-18-12-21-17(11-22-18)19(25)23-10-14-5-3-2-4-6-14/h2-9,11-12H,10H2,1H3,(H,22,24)(H,23,25). The molecule has 1 aromatic heterocycles. The van der Waals surface area contributed by atoms with Crippen molar-refractivity contribution in [3.8, 4) is 0 Å². The Balaban J connectivity index is 1.62. The lowest BCUT2D eigenvalue weighted by Crippen LogP contribution is -2.24. The van der Waals surface area contributed by atoms with Gasteiger partial charge in [0.05, 0.1) is 12.4 Å². The molecule has 0 aliphatic carbocycles. The van der Waals surface area contributed by atoms with Gasteiger partial charge in [0.1, 0.15) is 11.5 Å². The monoisotopic (exact) mass is 352 g/mol. The number of aromatic nitrogens is 2. The molecule has 0 unspecified atom stereocenters. The molecule has 0 saturated carbocycles. The van der Waals surface area contributed by atoms with Crippen molar-refractivity contribution in [3.05, 3.63) is 82.8 Å². The fourth-order valence-electron chi connectivity index (χ4n) is 2.28. The van der Waals surface area contributed by atoms with E-state index in [1.54, 1.807) is 6.07 Å². The number of carbonyl (C=O) groups is 1. The first-order valence-corrected chi connectivity index (χ1v) is 8.17. The second kappa shape index (κ2) is 7.77. The molecule has 126 valence electrons. The van der Waals surface area contributed by atoms with Gasteiger partial charge in [0, 0.05) is 17.3 Å². The lowest BCUT2D eigenvalue weighted by atomic mass is 10.2. The normalized spacial score (nSPS) is 10.3. The number of hydrogen-bond donors (Lipinski definition) is 2. The smallest absolute Gasteiger partial charge is 0.271 e. The van der Waals surface area contributed by atoms with E-state index in [1.165, 1.54) is 12.4 Å². The molecule has 25 heavy (non-hydrogen) atoms. The molecule has 6 heteroatoms. The molecule has 0 aliphatic rings. The SMILES string of the molecule is Cc1cc(Cl)ccc1Nc1cnc(C(=O)NCc2ccccc2)cn1. The zero-order chi connectivity index (χ0) is 17.6. The zero-order valence-electron chi connectivity index (χ0n) is 13.7. The van der Waals surface area contributed by atoms with E-state index in [4.69, 9.17) is 11.6 Å². The maximum absolute atomic E-state index is 12.1. The third-order valence-electron chi connectivity index (χ3n) is 3.63. The molecular weight excluding hydrogens is 336 g/mol. The Labute approximate surface area is 151 Å². The number of halogens is 1. The summed E-state index contributed by atoms with van der Waals surface area (Å²) in [5.74, 6) is 0.301. The van der Waals surface area contributed by atoms with Gasteiger partial charge in [-0.1, -0.05) is 41.9 Å². The van der Waals surface area contributed by atoms with E-state index in [1.807, 2.05) is 49.4 Å². The minimum absolute atomic E-state index is 0.259. The molecule has 3 rings (SSSR count). The van der Waals surface area contributed by atoms with E-state index in [0.29, 0.717) is 17.4 Å². The van der Waals surface area contributed by atoms with Crippen molar-refractivity contribution in [2.24, 2.45) is 0 Å². The Bertz CT molecular complexity index is 866. The third kappa shape index (κ3) is 4.55. The van der Waals surface area contributed by atoms with Gasteiger partial charge in [-0.25, -0.2) is 9.97 Å². The Hall–Kier alpha value is -2.92. The number of anilines is 2. The fourth-order valence-corrected chi connectivity index (χ4v) is 2.51. The van der Waals surface area contributed by atoms with Crippen molar-refractivity contribution in [1.29, 1.82) is 0 Å². The quantitative estimate of drug-likeness (QED) is 0.725. The lowest BCUT2D eigenvalue weighted by Gasteiger charge is -2.09. The largest absolute Gasteiger partial charge is 0.347 e. The van der Waals surface area contributed by atoms with Crippen molar-refractivity contribution in [1.82, 2.24) is 15.3 Å². The zero-order valence-corrected chi connectivity index (χ0v) is 14.4. The van der Waals surface area contributed by atoms with Crippen LogP contribution in [0.5, 0.6) is 0 Å². The number of benzene rings is 2. The predicted molar refractivity (Wildman–Crippen MR) is 99.1 cm³/mol. The van der Waals surface area contributed by atoms with Gasteiger partial charge in [0.15, 0.2) is 0 Å². The summed E-state index contributed by atoms with van der Waals surface area (Å²) in [4.78, 5) is 20.5. The molecule has 2 N–H and O–H groups in total. The highest BCUT2D eigenvalue weighted by molar-refractivity contribution is 6.30. The molecule has 5 nitrogen and oxygen atoms in total. The third-order valence-corrected chi connectivity index (χ3v) is 3.87. The molecule has 0 saturated heterocycles. The van der Waals surface area contributed by atoms with Gasteiger partial charge in [-0.2, -0.15) is 0 Å². The van der Waals surface area contributed by atoms with Crippen LogP contribution >= 0.6 is 11.6 Å². The minimum atomic E-state index is -0.259. The van der Waals surface area contributed by atoms with Gasteiger partial charge < -0.3 is 10.6 Å². The van der Waals surface area contributed by atoms with Gasteiger partial charge in [0.2, 0.25) is 0 Å². The first-order chi connectivity index (χ1) is 12.1. The van der Waals surface area contributed by atoms with Crippen LogP contribution in [-0.2, 0) is 6.54 Å². The number of nitrogens with one attached hydrogen (secondary N) is 2. The Morgan fingerprint density at radius 2 is 1.88 bits per heavy atom. The number of nitrogens with zero attached hydrogens (tertiary/aromatic N) is 2. The number of amides is 1. The maximum atomic E-state index is 12.1. The van der Waals surface area contributed by atoms with E-state index in [2.05, 4.69) is 20.6 Å². The summed E-state index contributed by atoms with van der Waals surface area (Å²) in [5, 5.41) is 6.66. The topological polar surface area (TPSA) is 66.9 Å². The lowest BCUT2D eigenvalue weighted by molar-refractivity contribution is 0.0945. The van der Waals surface area contributed by atoms with E-state index >= 15 is 0 Å². The summed E-state index contributed by atoms with van der Waals surface area (Å²) in [5.41, 5.74) is 3.19. The molecule has 1 amide bonds. The van der Waals surface area contributed by atoms with Crippen LogP contribution in [0.2, 0.25) is 5.02 Å². The van der Waals surface area contributed by atoms with Crippen molar-refractivity contribution < 1.29 is 4.79 Å². The molecule has 0 fully saturated rings. The molecule has 0 spiro atoms. The Morgan fingerprint density at radius 1 is 1.08 bits per heavy atom. The molecule has 3 aromatic rings. The van der Waals surface area contributed by atoms with Crippen molar-refractivity contribution >= 4 is 29.0 Å². The van der Waals surface area contributed by atoms with Gasteiger partial charge in [0.25, 0.3) is 5.91 Å². The highest BCUT2D eigenvalue weighted by Gasteiger charge is 2.08. The summed E-state index contributed by atoms with van der Waals surface area (Å²) in [7, 11) is 0. The molecular formula is C19H17ClN4O. The molecule has 1 heterocycles. The molecule has 2 aromatic carbocycles. The van der Waals surface area contributed by atoms with Crippen LogP contribution in [0.1, 0.15) is 21.6 Å². The van der Waals surface area contributed by atoms with Gasteiger partial charge >= 0.3 is 0 Å². The van der Waals surface area contributed by atoms with Crippen LogP contribution in [0, 0.1) is 6.92 Å². The van der Waals surface area contributed by atoms with E-state index < -0.39 is 0 Å². The first-order valence-electron chi connectivity index (χ1n) is 7.79. The Morgan fingerprint density at radius 3 is 2.56 bits per heavy atom. The maximum Gasteiger partial charge on any atom is 0.271 e. The second-order valence-corrected chi connectivity index (χ2v) is 5.98. The minimum Gasteiger partial charge on any atom is -0.347 e. The van der Waals surface area contributed by atoms with Gasteiger partial charge in [-0.3, -0.25) is 4.79 Å². The second-order valence-electron chi connectivity index (χ2n) is 5.54. The summed E-state index contributed by atoms with van der Waals surface area (Å²) in [6.45, 7) is 2.40. The highest BCUT2D eigenvalue weighted by atomic mass is 35.5. The average Bonchev–Trinajstić information content (AvgIpc) is 2.63. The molecule has 0 atom stereocenters. The summed E-state index contributed by atoms with van der Waals surface area (Å²) in [6.07, 6.45) is 2.99. The van der Waals surface area contributed by atoms with E-state index in [-0.39, 0.29) is 11.6 Å². The summed E-state index contributed by atoms with van der Waals surface area (Å²) >= 11 is 5.95. The fraction of sp³-hybridized carbons (Fsp3) is 0.105.